The largest absolute Gasteiger partial charge is 0.314 e. The van der Waals surface area contributed by atoms with Gasteiger partial charge in [0.15, 0.2) is 0 Å². The zero-order chi connectivity index (χ0) is 14.7. The van der Waals surface area contributed by atoms with Crippen molar-refractivity contribution in [1.29, 1.82) is 0 Å². The molecule has 1 aromatic carbocycles. The number of fused-ring (bicyclic) bond motifs is 2. The summed E-state index contributed by atoms with van der Waals surface area (Å²) in [5.41, 5.74) is 1.47. The van der Waals surface area contributed by atoms with E-state index in [0.29, 0.717) is 5.92 Å². The van der Waals surface area contributed by atoms with E-state index in [-0.39, 0.29) is 0 Å². The molecule has 21 heavy (non-hydrogen) atoms. The predicted molar refractivity (Wildman–Crippen MR) is 89.7 cm³/mol. The van der Waals surface area contributed by atoms with Crippen molar-refractivity contribution in [3.8, 4) is 0 Å². The number of hydrogen-bond acceptors (Lipinski definition) is 2. The van der Waals surface area contributed by atoms with E-state index < -0.39 is 0 Å². The Hall–Kier alpha value is -0.860. The fraction of sp³-hybridized carbons (Fsp3) is 0.684. The van der Waals surface area contributed by atoms with E-state index in [1.165, 1.54) is 44.1 Å². The Balaban J connectivity index is 1.44. The van der Waals surface area contributed by atoms with Gasteiger partial charge in [-0.15, -0.1) is 0 Å². The molecule has 2 aliphatic heterocycles. The fourth-order valence-electron chi connectivity index (χ4n) is 4.23. The summed E-state index contributed by atoms with van der Waals surface area (Å²) in [6, 6.07) is 13.3. The van der Waals surface area contributed by atoms with E-state index in [9.17, 15) is 0 Å². The number of nitrogens with one attached hydrogen (secondary N) is 1. The second-order valence-electron chi connectivity index (χ2n) is 7.13. The van der Waals surface area contributed by atoms with Gasteiger partial charge in [-0.3, -0.25) is 0 Å². The van der Waals surface area contributed by atoms with Crippen molar-refractivity contribution in [2.75, 3.05) is 13.6 Å². The predicted octanol–water partition coefficient (Wildman–Crippen LogP) is 3.79. The molecule has 0 aromatic heterocycles. The zero-order valence-electron chi connectivity index (χ0n) is 13.6. The minimum absolute atomic E-state index is 0.657. The minimum atomic E-state index is 0.657. The van der Waals surface area contributed by atoms with Gasteiger partial charge in [-0.1, -0.05) is 43.7 Å². The van der Waals surface area contributed by atoms with Gasteiger partial charge >= 0.3 is 0 Å². The van der Waals surface area contributed by atoms with E-state index in [0.717, 1.165) is 24.7 Å². The minimum Gasteiger partial charge on any atom is -0.314 e. The molecule has 1 N–H and O–H groups in total. The average Bonchev–Trinajstić information content (AvgIpc) is 2.49. The van der Waals surface area contributed by atoms with Crippen LogP contribution in [0.2, 0.25) is 0 Å². The first-order valence-electron chi connectivity index (χ1n) is 8.74. The summed E-state index contributed by atoms with van der Waals surface area (Å²) in [5.74, 6) is 0.657. The molecule has 3 unspecified atom stereocenters. The molecule has 0 aliphatic carbocycles. The van der Waals surface area contributed by atoms with Crippen LogP contribution in [0.4, 0.5) is 0 Å². The molecule has 0 spiro atoms. The van der Waals surface area contributed by atoms with Crippen LogP contribution in [0.3, 0.4) is 0 Å². The van der Waals surface area contributed by atoms with Crippen molar-refractivity contribution in [2.45, 2.75) is 69.5 Å². The van der Waals surface area contributed by atoms with Crippen LogP contribution >= 0.6 is 0 Å². The van der Waals surface area contributed by atoms with Crippen LogP contribution in [0.15, 0.2) is 30.3 Å². The lowest BCUT2D eigenvalue weighted by Gasteiger charge is -2.47. The van der Waals surface area contributed by atoms with E-state index in [2.05, 4.69) is 54.5 Å². The Morgan fingerprint density at radius 2 is 1.81 bits per heavy atom. The monoisotopic (exact) mass is 286 g/mol. The third-order valence-electron chi connectivity index (χ3n) is 5.72. The van der Waals surface area contributed by atoms with Gasteiger partial charge in [0, 0.05) is 18.1 Å². The normalized spacial score (nSPS) is 31.0. The van der Waals surface area contributed by atoms with Gasteiger partial charge in [0.25, 0.3) is 0 Å². The molecule has 0 radical (unpaired) electrons. The number of piperidine rings is 2. The van der Waals surface area contributed by atoms with Gasteiger partial charge in [0.1, 0.15) is 0 Å². The summed E-state index contributed by atoms with van der Waals surface area (Å²) in [4.78, 5) is 2.65. The Kier molecular flexibility index (Phi) is 4.97. The molecule has 2 saturated heterocycles. The van der Waals surface area contributed by atoms with E-state index in [4.69, 9.17) is 0 Å². The van der Waals surface area contributed by atoms with Crippen LogP contribution in [0.5, 0.6) is 0 Å². The fourth-order valence-corrected chi connectivity index (χ4v) is 4.23. The molecule has 2 aliphatic rings. The van der Waals surface area contributed by atoms with Gasteiger partial charge < -0.3 is 10.2 Å². The lowest BCUT2D eigenvalue weighted by Crippen LogP contribution is -2.54. The lowest BCUT2D eigenvalue weighted by atomic mass is 9.82. The maximum Gasteiger partial charge on any atom is 0.0110 e. The molecule has 2 nitrogen and oxygen atoms in total. The van der Waals surface area contributed by atoms with E-state index in [1.807, 2.05) is 0 Å². The summed E-state index contributed by atoms with van der Waals surface area (Å²) < 4.78 is 0. The van der Waals surface area contributed by atoms with Crippen LogP contribution < -0.4 is 5.32 Å². The molecule has 2 heteroatoms. The summed E-state index contributed by atoms with van der Waals surface area (Å²) in [6.45, 7) is 3.50. The quantitative estimate of drug-likeness (QED) is 0.886. The SMILES string of the molecule is CC(CCNC1CC2CCCC(C1)N2C)c1ccccc1. The highest BCUT2D eigenvalue weighted by Gasteiger charge is 2.35. The van der Waals surface area contributed by atoms with Crippen molar-refractivity contribution >= 4 is 0 Å². The summed E-state index contributed by atoms with van der Waals surface area (Å²) in [5, 5.41) is 3.84. The molecule has 0 saturated carbocycles. The van der Waals surface area contributed by atoms with Crippen LogP contribution in [0.1, 0.15) is 56.9 Å². The first-order chi connectivity index (χ1) is 10.2. The number of benzene rings is 1. The van der Waals surface area contributed by atoms with Crippen molar-refractivity contribution < 1.29 is 0 Å². The molecular formula is C19H30N2. The number of nitrogens with zero attached hydrogens (tertiary/aromatic N) is 1. The Morgan fingerprint density at radius 3 is 2.48 bits per heavy atom. The Labute approximate surface area is 129 Å². The molecule has 3 atom stereocenters. The molecule has 0 amide bonds. The topological polar surface area (TPSA) is 15.3 Å². The summed E-state index contributed by atoms with van der Waals surface area (Å²) in [6.07, 6.45) is 8.21. The van der Waals surface area contributed by atoms with Crippen molar-refractivity contribution in [2.24, 2.45) is 0 Å². The van der Waals surface area contributed by atoms with E-state index in [1.54, 1.807) is 0 Å². The third kappa shape index (κ3) is 3.67. The van der Waals surface area contributed by atoms with Gasteiger partial charge in [-0.25, -0.2) is 0 Å². The molecule has 2 fully saturated rings. The molecule has 1 aromatic rings. The van der Waals surface area contributed by atoms with Crippen LogP contribution in [0, 0.1) is 0 Å². The van der Waals surface area contributed by atoms with Crippen molar-refractivity contribution in [3.05, 3.63) is 35.9 Å². The highest BCUT2D eigenvalue weighted by molar-refractivity contribution is 5.18. The Morgan fingerprint density at radius 1 is 1.14 bits per heavy atom. The van der Waals surface area contributed by atoms with Gasteiger partial charge in [0.2, 0.25) is 0 Å². The highest BCUT2D eigenvalue weighted by atomic mass is 15.2. The smallest absolute Gasteiger partial charge is 0.0110 e. The number of hydrogen-bond donors (Lipinski definition) is 1. The van der Waals surface area contributed by atoms with Crippen LogP contribution in [-0.4, -0.2) is 36.6 Å². The molecule has 2 heterocycles. The van der Waals surface area contributed by atoms with Gasteiger partial charge in [0.05, 0.1) is 0 Å². The zero-order valence-corrected chi connectivity index (χ0v) is 13.6. The first kappa shape index (κ1) is 15.1. The molecule has 116 valence electrons. The molecule has 2 bridgehead atoms. The van der Waals surface area contributed by atoms with Gasteiger partial charge in [-0.05, 0) is 57.2 Å². The lowest BCUT2D eigenvalue weighted by molar-refractivity contribution is 0.0486. The third-order valence-corrected chi connectivity index (χ3v) is 5.72. The standard InChI is InChI=1S/C19H30N2/c1-15(16-7-4-3-5-8-16)11-12-20-17-13-18-9-6-10-19(14-17)21(18)2/h3-5,7-8,15,17-20H,6,9-14H2,1-2H3. The van der Waals surface area contributed by atoms with E-state index >= 15 is 0 Å². The van der Waals surface area contributed by atoms with Crippen molar-refractivity contribution in [3.63, 3.8) is 0 Å². The van der Waals surface area contributed by atoms with Crippen LogP contribution in [-0.2, 0) is 0 Å². The summed E-state index contributed by atoms with van der Waals surface area (Å²) >= 11 is 0. The second-order valence-corrected chi connectivity index (χ2v) is 7.13. The maximum absolute atomic E-state index is 3.84. The van der Waals surface area contributed by atoms with Crippen LogP contribution in [0.25, 0.3) is 0 Å². The maximum atomic E-state index is 3.84. The molecule has 3 rings (SSSR count). The average molecular weight is 286 g/mol. The van der Waals surface area contributed by atoms with Crippen molar-refractivity contribution in [1.82, 2.24) is 10.2 Å². The highest BCUT2D eigenvalue weighted by Crippen LogP contribution is 2.32. The summed E-state index contributed by atoms with van der Waals surface area (Å²) in [7, 11) is 2.34. The Bertz CT molecular complexity index is 416. The number of rotatable bonds is 5. The first-order valence-corrected chi connectivity index (χ1v) is 8.74. The molecular weight excluding hydrogens is 256 g/mol. The van der Waals surface area contributed by atoms with Gasteiger partial charge in [-0.2, -0.15) is 0 Å². The second kappa shape index (κ2) is 6.93.